The lowest BCUT2D eigenvalue weighted by molar-refractivity contribution is 0.0238. The molecule has 3 aliphatic rings. The zero-order valence-electron chi connectivity index (χ0n) is 11.3. The molecule has 106 valence electrons. The minimum Gasteiger partial charge on any atom is -0.387 e. The van der Waals surface area contributed by atoms with Crippen LogP contribution in [0, 0.1) is 0 Å². The van der Waals surface area contributed by atoms with Gasteiger partial charge < -0.3 is 15.3 Å². The summed E-state index contributed by atoms with van der Waals surface area (Å²) in [5.74, 6) is 0. The number of nitrogens with zero attached hydrogens (tertiary/aromatic N) is 2. The molecule has 1 aromatic carbocycles. The van der Waals surface area contributed by atoms with Crippen LogP contribution in [0.15, 0.2) is 24.3 Å². The lowest BCUT2D eigenvalue weighted by atomic mass is 10.1. The molecule has 2 aliphatic heterocycles. The van der Waals surface area contributed by atoms with Gasteiger partial charge in [0.15, 0.2) is 0 Å². The largest absolute Gasteiger partial charge is 0.387 e. The van der Waals surface area contributed by atoms with Gasteiger partial charge in [0.25, 0.3) is 0 Å². The summed E-state index contributed by atoms with van der Waals surface area (Å²) in [6.45, 7) is 3.19. The van der Waals surface area contributed by atoms with Gasteiger partial charge in [-0.05, 0) is 17.5 Å². The third-order valence-electron chi connectivity index (χ3n) is 4.90. The van der Waals surface area contributed by atoms with Gasteiger partial charge in [0.05, 0.1) is 12.1 Å². The predicted molar refractivity (Wildman–Crippen MR) is 74.4 cm³/mol. The van der Waals surface area contributed by atoms with Gasteiger partial charge in [0.1, 0.15) is 0 Å². The molecule has 2 amide bonds. The number of amides is 2. The molecule has 5 nitrogen and oxygen atoms in total. The maximum Gasteiger partial charge on any atom is 0.317 e. The van der Waals surface area contributed by atoms with Gasteiger partial charge in [-0.1, -0.05) is 24.3 Å². The summed E-state index contributed by atoms with van der Waals surface area (Å²) < 4.78 is 0. The Morgan fingerprint density at radius 1 is 1.25 bits per heavy atom. The van der Waals surface area contributed by atoms with Crippen LogP contribution in [0.5, 0.6) is 0 Å². The average Bonchev–Trinajstić information content (AvgIpc) is 3.01. The number of carbonyl (C=O) groups is 1. The highest BCUT2D eigenvalue weighted by Crippen LogP contribution is 2.35. The molecule has 2 heterocycles. The topological polar surface area (TPSA) is 55.8 Å². The molecule has 1 aromatic rings. The highest BCUT2D eigenvalue weighted by molar-refractivity contribution is 5.77. The number of piperazine rings is 1. The van der Waals surface area contributed by atoms with Gasteiger partial charge in [0, 0.05) is 32.2 Å². The van der Waals surface area contributed by atoms with Crippen LogP contribution in [0.25, 0.3) is 0 Å². The normalized spacial score (nSPS) is 33.0. The number of urea groups is 1. The molecule has 1 aliphatic carbocycles. The second-order valence-corrected chi connectivity index (χ2v) is 5.94. The first-order chi connectivity index (χ1) is 9.74. The Kier molecular flexibility index (Phi) is 2.72. The first-order valence-corrected chi connectivity index (χ1v) is 7.28. The molecular weight excluding hydrogens is 254 g/mol. The van der Waals surface area contributed by atoms with Crippen LogP contribution in [0.3, 0.4) is 0 Å². The summed E-state index contributed by atoms with van der Waals surface area (Å²) in [4.78, 5) is 15.9. The third kappa shape index (κ3) is 1.73. The Morgan fingerprint density at radius 3 is 2.95 bits per heavy atom. The summed E-state index contributed by atoms with van der Waals surface area (Å²) in [6, 6.07) is 8.63. The van der Waals surface area contributed by atoms with Crippen molar-refractivity contribution in [3.8, 4) is 0 Å². The van der Waals surface area contributed by atoms with E-state index in [9.17, 15) is 9.90 Å². The predicted octanol–water partition coefficient (Wildman–Crippen LogP) is 0.354. The lowest BCUT2D eigenvalue weighted by Crippen LogP contribution is -2.55. The van der Waals surface area contributed by atoms with E-state index in [0.717, 1.165) is 38.2 Å². The smallest absolute Gasteiger partial charge is 0.317 e. The molecule has 2 N–H and O–H groups in total. The van der Waals surface area contributed by atoms with Crippen molar-refractivity contribution in [2.45, 2.75) is 24.6 Å². The minimum atomic E-state index is -0.400. The molecule has 0 aromatic heterocycles. The van der Waals surface area contributed by atoms with Crippen LogP contribution >= 0.6 is 0 Å². The molecule has 2 saturated heterocycles. The molecule has 0 spiro atoms. The van der Waals surface area contributed by atoms with E-state index in [1.807, 2.05) is 23.1 Å². The van der Waals surface area contributed by atoms with Gasteiger partial charge in [-0.25, -0.2) is 4.79 Å². The first kappa shape index (κ1) is 12.2. The molecular formula is C15H19N3O2. The summed E-state index contributed by atoms with van der Waals surface area (Å²) >= 11 is 0. The van der Waals surface area contributed by atoms with Gasteiger partial charge in [0.2, 0.25) is 0 Å². The maximum absolute atomic E-state index is 11.6. The quantitative estimate of drug-likeness (QED) is 0.776. The number of aliphatic hydroxyl groups excluding tert-OH is 1. The van der Waals surface area contributed by atoms with Crippen molar-refractivity contribution < 1.29 is 9.90 Å². The Balaban J connectivity index is 1.52. The zero-order chi connectivity index (χ0) is 13.7. The Morgan fingerprint density at radius 2 is 2.10 bits per heavy atom. The van der Waals surface area contributed by atoms with Crippen LogP contribution in [-0.2, 0) is 6.42 Å². The summed E-state index contributed by atoms with van der Waals surface area (Å²) in [5.41, 5.74) is 2.33. The van der Waals surface area contributed by atoms with Crippen LogP contribution < -0.4 is 5.32 Å². The number of nitrogens with one attached hydrogen (secondary N) is 1. The van der Waals surface area contributed by atoms with Gasteiger partial charge in [-0.2, -0.15) is 0 Å². The second kappa shape index (κ2) is 4.46. The third-order valence-corrected chi connectivity index (χ3v) is 4.90. The van der Waals surface area contributed by atoms with Gasteiger partial charge in [-0.3, -0.25) is 4.90 Å². The van der Waals surface area contributed by atoms with Crippen molar-refractivity contribution in [1.29, 1.82) is 0 Å². The molecule has 20 heavy (non-hydrogen) atoms. The second-order valence-electron chi connectivity index (χ2n) is 5.94. The number of fused-ring (bicyclic) bond motifs is 2. The Bertz CT molecular complexity index is 548. The fourth-order valence-electron chi connectivity index (χ4n) is 3.81. The molecule has 3 atom stereocenters. The maximum atomic E-state index is 11.6. The van der Waals surface area contributed by atoms with E-state index >= 15 is 0 Å². The van der Waals surface area contributed by atoms with E-state index in [1.54, 1.807) is 0 Å². The molecule has 5 heteroatoms. The number of hydrogen-bond donors (Lipinski definition) is 2. The number of benzene rings is 1. The van der Waals surface area contributed by atoms with E-state index < -0.39 is 6.10 Å². The van der Waals surface area contributed by atoms with E-state index in [4.69, 9.17) is 0 Å². The number of carbonyl (C=O) groups excluding carboxylic acids is 1. The lowest BCUT2D eigenvalue weighted by Gasteiger charge is -2.40. The fraction of sp³-hybridized carbons (Fsp3) is 0.533. The summed E-state index contributed by atoms with van der Waals surface area (Å²) in [6.07, 6.45) is 0.508. The monoisotopic (exact) mass is 273 g/mol. The van der Waals surface area contributed by atoms with Crippen molar-refractivity contribution in [3.05, 3.63) is 35.4 Å². The van der Waals surface area contributed by atoms with Crippen molar-refractivity contribution in [1.82, 2.24) is 15.1 Å². The highest BCUT2D eigenvalue weighted by atomic mass is 16.3. The minimum absolute atomic E-state index is 0.0601. The SMILES string of the molecule is O=C1NCC2CN(C3Cc4ccccc4C3O)CCN12. The highest BCUT2D eigenvalue weighted by Gasteiger charge is 2.41. The number of hydrogen-bond acceptors (Lipinski definition) is 3. The molecule has 4 rings (SSSR count). The van der Waals surface area contributed by atoms with Gasteiger partial charge >= 0.3 is 6.03 Å². The van der Waals surface area contributed by atoms with Crippen molar-refractivity contribution in [2.75, 3.05) is 26.2 Å². The number of rotatable bonds is 1. The molecule has 0 saturated carbocycles. The van der Waals surface area contributed by atoms with E-state index in [1.165, 1.54) is 5.56 Å². The van der Waals surface area contributed by atoms with E-state index in [-0.39, 0.29) is 18.1 Å². The van der Waals surface area contributed by atoms with Crippen LogP contribution in [-0.4, -0.2) is 59.2 Å². The first-order valence-electron chi connectivity index (χ1n) is 7.28. The number of aliphatic hydroxyl groups is 1. The standard InChI is InChI=1S/C15H19N3O2/c19-14-12-4-2-1-3-10(12)7-13(14)17-5-6-18-11(9-17)8-16-15(18)20/h1-4,11,13-14,19H,5-9H2,(H,16,20). The Hall–Kier alpha value is -1.59. The van der Waals surface area contributed by atoms with Crippen LogP contribution in [0.2, 0.25) is 0 Å². The molecule has 0 radical (unpaired) electrons. The van der Waals surface area contributed by atoms with Crippen LogP contribution in [0.1, 0.15) is 17.2 Å². The van der Waals surface area contributed by atoms with Gasteiger partial charge in [-0.15, -0.1) is 0 Å². The zero-order valence-corrected chi connectivity index (χ0v) is 11.3. The summed E-state index contributed by atoms with van der Waals surface area (Å²) in [7, 11) is 0. The molecule has 0 bridgehead atoms. The van der Waals surface area contributed by atoms with Crippen molar-refractivity contribution >= 4 is 6.03 Å². The van der Waals surface area contributed by atoms with Crippen LogP contribution in [0.4, 0.5) is 4.79 Å². The molecule has 2 fully saturated rings. The van der Waals surface area contributed by atoms with Crippen molar-refractivity contribution in [3.63, 3.8) is 0 Å². The van der Waals surface area contributed by atoms with E-state index in [2.05, 4.69) is 16.3 Å². The average molecular weight is 273 g/mol. The fourth-order valence-corrected chi connectivity index (χ4v) is 3.81. The summed E-state index contributed by atoms with van der Waals surface area (Å²) in [5, 5.41) is 13.4. The molecule has 3 unspecified atom stereocenters. The Labute approximate surface area is 118 Å². The van der Waals surface area contributed by atoms with Crippen molar-refractivity contribution in [2.24, 2.45) is 0 Å². The van der Waals surface area contributed by atoms with E-state index in [0.29, 0.717) is 0 Å².